The van der Waals surface area contributed by atoms with Gasteiger partial charge < -0.3 is 15.0 Å². The number of aromatic hydroxyl groups is 1. The van der Waals surface area contributed by atoms with Gasteiger partial charge in [0, 0.05) is 18.8 Å². The summed E-state index contributed by atoms with van der Waals surface area (Å²) in [6, 6.07) is 7.01. The highest BCUT2D eigenvalue weighted by Gasteiger charge is 2.10. The molecule has 1 aromatic carbocycles. The number of aryl methyl sites for hydroxylation is 1. The van der Waals surface area contributed by atoms with Gasteiger partial charge in [0.1, 0.15) is 11.6 Å². The Hall–Kier alpha value is -2.52. The SMILES string of the molecule is Cn1c(Cc2csc(NC(=O)CCc3ccccc3O)n2)n[nH]c1=S. The number of benzene rings is 1. The van der Waals surface area contributed by atoms with Crippen molar-refractivity contribution in [1.29, 1.82) is 0 Å². The average molecular weight is 375 g/mol. The second-order valence-electron chi connectivity index (χ2n) is 5.50. The van der Waals surface area contributed by atoms with Crippen LogP contribution in [0, 0.1) is 4.77 Å². The molecular weight excluding hydrogens is 358 g/mol. The number of hydrogen-bond donors (Lipinski definition) is 3. The van der Waals surface area contributed by atoms with Gasteiger partial charge in [0.2, 0.25) is 5.91 Å². The summed E-state index contributed by atoms with van der Waals surface area (Å²) < 4.78 is 2.35. The van der Waals surface area contributed by atoms with E-state index >= 15 is 0 Å². The van der Waals surface area contributed by atoms with Crippen LogP contribution in [0.25, 0.3) is 0 Å². The Morgan fingerprint density at radius 3 is 2.96 bits per heavy atom. The van der Waals surface area contributed by atoms with Crippen molar-refractivity contribution in [3.05, 3.63) is 51.5 Å². The summed E-state index contributed by atoms with van der Waals surface area (Å²) in [4.78, 5) is 16.5. The molecule has 0 saturated carbocycles. The molecule has 2 aromatic heterocycles. The molecule has 0 aliphatic carbocycles. The monoisotopic (exact) mass is 375 g/mol. The lowest BCUT2D eigenvalue weighted by Gasteiger charge is -2.04. The molecule has 3 rings (SSSR count). The van der Waals surface area contributed by atoms with Crippen molar-refractivity contribution in [2.24, 2.45) is 7.05 Å². The number of hydrogen-bond acceptors (Lipinski definition) is 6. The fourth-order valence-electron chi connectivity index (χ4n) is 2.30. The largest absolute Gasteiger partial charge is 0.508 e. The number of phenols is 1. The first-order valence-electron chi connectivity index (χ1n) is 7.64. The predicted molar refractivity (Wildman–Crippen MR) is 98.4 cm³/mol. The molecule has 0 unspecified atom stereocenters. The number of H-pyrrole nitrogens is 1. The fraction of sp³-hybridized carbons (Fsp3) is 0.250. The molecule has 0 bridgehead atoms. The Labute approximate surface area is 153 Å². The van der Waals surface area contributed by atoms with Crippen LogP contribution < -0.4 is 5.32 Å². The lowest BCUT2D eigenvalue weighted by molar-refractivity contribution is -0.116. The number of aromatic nitrogens is 4. The van der Waals surface area contributed by atoms with E-state index in [0.29, 0.717) is 22.7 Å². The van der Waals surface area contributed by atoms with Gasteiger partial charge in [0.05, 0.1) is 12.1 Å². The number of carbonyl (C=O) groups excluding carboxylic acids is 1. The van der Waals surface area contributed by atoms with Gasteiger partial charge in [0.15, 0.2) is 9.90 Å². The van der Waals surface area contributed by atoms with Gasteiger partial charge in [-0.25, -0.2) is 4.98 Å². The van der Waals surface area contributed by atoms with E-state index in [9.17, 15) is 9.90 Å². The minimum absolute atomic E-state index is 0.137. The average Bonchev–Trinajstić information content (AvgIpc) is 3.16. The van der Waals surface area contributed by atoms with Gasteiger partial charge in [-0.05, 0) is 30.3 Å². The highest BCUT2D eigenvalue weighted by molar-refractivity contribution is 7.71. The van der Waals surface area contributed by atoms with Crippen molar-refractivity contribution in [2.45, 2.75) is 19.3 Å². The van der Waals surface area contributed by atoms with Gasteiger partial charge in [-0.2, -0.15) is 5.10 Å². The fourth-order valence-corrected chi connectivity index (χ4v) is 3.17. The Morgan fingerprint density at radius 2 is 2.24 bits per heavy atom. The molecule has 0 fully saturated rings. The maximum absolute atomic E-state index is 12.1. The van der Waals surface area contributed by atoms with E-state index in [1.165, 1.54) is 11.3 Å². The van der Waals surface area contributed by atoms with Crippen LogP contribution in [-0.2, 0) is 24.7 Å². The Kier molecular flexibility index (Phi) is 5.25. The summed E-state index contributed by atoms with van der Waals surface area (Å²) in [6.45, 7) is 0. The molecule has 3 N–H and O–H groups in total. The van der Waals surface area contributed by atoms with Gasteiger partial charge in [0.25, 0.3) is 0 Å². The van der Waals surface area contributed by atoms with Gasteiger partial charge >= 0.3 is 0 Å². The molecule has 3 aromatic rings. The Balaban J connectivity index is 1.56. The van der Waals surface area contributed by atoms with Crippen molar-refractivity contribution in [3.63, 3.8) is 0 Å². The maximum Gasteiger partial charge on any atom is 0.226 e. The van der Waals surface area contributed by atoms with Crippen LogP contribution in [0.2, 0.25) is 0 Å². The molecule has 0 radical (unpaired) electrons. The van der Waals surface area contributed by atoms with E-state index in [4.69, 9.17) is 12.2 Å². The van der Waals surface area contributed by atoms with Crippen LogP contribution in [0.15, 0.2) is 29.6 Å². The minimum Gasteiger partial charge on any atom is -0.508 e. The number of carbonyl (C=O) groups is 1. The molecule has 0 aliphatic rings. The second kappa shape index (κ2) is 7.58. The van der Waals surface area contributed by atoms with Crippen LogP contribution >= 0.6 is 23.6 Å². The van der Waals surface area contributed by atoms with E-state index in [-0.39, 0.29) is 18.1 Å². The van der Waals surface area contributed by atoms with E-state index < -0.39 is 0 Å². The van der Waals surface area contributed by atoms with Gasteiger partial charge in [-0.1, -0.05) is 18.2 Å². The van der Waals surface area contributed by atoms with Crippen molar-refractivity contribution in [3.8, 4) is 5.75 Å². The zero-order valence-corrected chi connectivity index (χ0v) is 15.2. The normalized spacial score (nSPS) is 10.8. The summed E-state index contributed by atoms with van der Waals surface area (Å²) in [5.41, 5.74) is 1.57. The number of thiazole rings is 1. The van der Waals surface area contributed by atoms with Crippen molar-refractivity contribution in [2.75, 3.05) is 5.32 Å². The molecule has 0 aliphatic heterocycles. The number of aromatic amines is 1. The molecule has 0 saturated heterocycles. The molecule has 130 valence electrons. The smallest absolute Gasteiger partial charge is 0.226 e. The third-order valence-corrected chi connectivity index (χ3v) is 4.89. The van der Waals surface area contributed by atoms with Crippen molar-refractivity contribution < 1.29 is 9.90 Å². The van der Waals surface area contributed by atoms with Gasteiger partial charge in [-0.3, -0.25) is 9.89 Å². The maximum atomic E-state index is 12.1. The first-order valence-corrected chi connectivity index (χ1v) is 8.93. The first-order chi connectivity index (χ1) is 12.0. The lowest BCUT2D eigenvalue weighted by atomic mass is 10.1. The highest BCUT2D eigenvalue weighted by Crippen LogP contribution is 2.20. The summed E-state index contributed by atoms with van der Waals surface area (Å²) in [7, 11) is 1.84. The molecule has 2 heterocycles. The number of nitrogens with one attached hydrogen (secondary N) is 2. The van der Waals surface area contributed by atoms with E-state index in [1.807, 2.05) is 18.5 Å². The zero-order chi connectivity index (χ0) is 17.8. The van der Waals surface area contributed by atoms with Gasteiger partial charge in [-0.15, -0.1) is 11.3 Å². The summed E-state index contributed by atoms with van der Waals surface area (Å²) in [6.07, 6.45) is 1.29. The quantitative estimate of drug-likeness (QED) is 0.576. The minimum atomic E-state index is -0.137. The molecule has 25 heavy (non-hydrogen) atoms. The van der Waals surface area contributed by atoms with E-state index in [2.05, 4.69) is 20.5 Å². The number of nitrogens with zero attached hydrogens (tertiary/aromatic N) is 3. The van der Waals surface area contributed by atoms with Crippen molar-refractivity contribution in [1.82, 2.24) is 19.7 Å². The Bertz CT molecular complexity index is 944. The topological polar surface area (TPSA) is 95.8 Å². The second-order valence-corrected chi connectivity index (χ2v) is 6.75. The third kappa shape index (κ3) is 4.31. The molecule has 7 nitrogen and oxygen atoms in total. The zero-order valence-electron chi connectivity index (χ0n) is 13.5. The molecule has 0 spiro atoms. The third-order valence-electron chi connectivity index (χ3n) is 3.72. The Morgan fingerprint density at radius 1 is 1.44 bits per heavy atom. The predicted octanol–water partition coefficient (Wildman–Crippen LogP) is 2.80. The van der Waals surface area contributed by atoms with Crippen LogP contribution in [0.1, 0.15) is 23.5 Å². The number of para-hydroxylation sites is 1. The number of rotatable bonds is 6. The summed E-state index contributed by atoms with van der Waals surface area (Å²) >= 11 is 6.45. The van der Waals surface area contributed by atoms with E-state index in [0.717, 1.165) is 17.1 Å². The lowest BCUT2D eigenvalue weighted by Crippen LogP contribution is -2.12. The summed E-state index contributed by atoms with van der Waals surface area (Å²) in [5, 5.41) is 21.8. The number of phenolic OH excluding ortho intramolecular Hbond substituents is 1. The molecular formula is C16H17N5O2S2. The number of anilines is 1. The van der Waals surface area contributed by atoms with Crippen LogP contribution in [-0.4, -0.2) is 30.8 Å². The molecule has 0 atom stereocenters. The standard InChI is InChI=1S/C16H17N5O2S2/c1-21-13(19-20-16(21)24)8-11-9-25-15(17-11)18-14(23)7-6-10-4-2-3-5-12(10)22/h2-5,9,22H,6-8H2,1H3,(H,20,24)(H,17,18,23). The summed E-state index contributed by atoms with van der Waals surface area (Å²) in [5.74, 6) is 0.856. The number of amides is 1. The van der Waals surface area contributed by atoms with Crippen molar-refractivity contribution >= 4 is 34.6 Å². The first kappa shape index (κ1) is 17.3. The molecule has 9 heteroatoms. The van der Waals surface area contributed by atoms with Crippen LogP contribution in [0.3, 0.4) is 0 Å². The highest BCUT2D eigenvalue weighted by atomic mass is 32.1. The van der Waals surface area contributed by atoms with E-state index in [1.54, 1.807) is 22.8 Å². The van der Waals surface area contributed by atoms with Crippen LogP contribution in [0.5, 0.6) is 5.75 Å². The molecule has 1 amide bonds. The van der Waals surface area contributed by atoms with Crippen LogP contribution in [0.4, 0.5) is 5.13 Å².